The van der Waals surface area contributed by atoms with Crippen molar-refractivity contribution in [2.45, 2.75) is 25.8 Å². The van der Waals surface area contributed by atoms with E-state index in [0.717, 1.165) is 5.69 Å². The molecule has 0 bridgehead atoms. The summed E-state index contributed by atoms with van der Waals surface area (Å²) >= 11 is 0. The number of hydrogen-bond donors (Lipinski definition) is 2. The highest BCUT2D eigenvalue weighted by Gasteiger charge is 2.32. The van der Waals surface area contributed by atoms with Crippen molar-refractivity contribution in [2.75, 3.05) is 0 Å². The minimum atomic E-state index is 0.251. The molecule has 1 unspecified atom stereocenters. The van der Waals surface area contributed by atoms with E-state index in [0.29, 0.717) is 5.92 Å². The van der Waals surface area contributed by atoms with Gasteiger partial charge in [-0.3, -0.25) is 16.3 Å². The van der Waals surface area contributed by atoms with E-state index in [1.807, 2.05) is 12.3 Å². The standard InChI is InChI=1S/C10H15N3/c1-7-3-2-6-12-9(7)10(13-11)8-4-5-8/h2-3,6,8,10,13H,4-5,11H2,1H3. The monoisotopic (exact) mass is 177 g/mol. The Labute approximate surface area is 78.3 Å². The molecular weight excluding hydrogens is 162 g/mol. The predicted octanol–water partition coefficient (Wildman–Crippen LogP) is 1.30. The Kier molecular flexibility index (Phi) is 2.29. The molecule has 13 heavy (non-hydrogen) atoms. The van der Waals surface area contributed by atoms with Crippen molar-refractivity contribution in [1.29, 1.82) is 0 Å². The number of nitrogens with zero attached hydrogens (tertiary/aromatic N) is 1. The number of nitrogens with one attached hydrogen (secondary N) is 1. The predicted molar refractivity (Wildman–Crippen MR) is 51.8 cm³/mol. The van der Waals surface area contributed by atoms with Crippen molar-refractivity contribution in [3.8, 4) is 0 Å². The molecule has 0 saturated heterocycles. The third-order valence-electron chi connectivity index (χ3n) is 2.62. The third-order valence-corrected chi connectivity index (χ3v) is 2.62. The van der Waals surface area contributed by atoms with Gasteiger partial charge < -0.3 is 0 Å². The van der Waals surface area contributed by atoms with Crippen molar-refractivity contribution in [3.63, 3.8) is 0 Å². The Hall–Kier alpha value is -0.930. The van der Waals surface area contributed by atoms with Crippen molar-refractivity contribution in [2.24, 2.45) is 11.8 Å². The molecule has 1 heterocycles. The molecule has 2 rings (SSSR count). The van der Waals surface area contributed by atoms with Gasteiger partial charge in [0, 0.05) is 6.20 Å². The lowest BCUT2D eigenvalue weighted by Gasteiger charge is -2.16. The Bertz CT molecular complexity index is 294. The lowest BCUT2D eigenvalue weighted by molar-refractivity contribution is 0.482. The molecule has 0 aliphatic heterocycles. The van der Waals surface area contributed by atoms with Crippen molar-refractivity contribution in [3.05, 3.63) is 29.6 Å². The summed E-state index contributed by atoms with van der Waals surface area (Å²) in [7, 11) is 0. The normalized spacial score (nSPS) is 18.6. The summed E-state index contributed by atoms with van der Waals surface area (Å²) in [5.41, 5.74) is 5.18. The van der Waals surface area contributed by atoms with E-state index in [-0.39, 0.29) is 6.04 Å². The molecule has 1 aromatic rings. The molecule has 0 radical (unpaired) electrons. The van der Waals surface area contributed by atoms with E-state index >= 15 is 0 Å². The Morgan fingerprint density at radius 3 is 2.92 bits per heavy atom. The van der Waals surface area contributed by atoms with Gasteiger partial charge in [-0.2, -0.15) is 0 Å². The van der Waals surface area contributed by atoms with Crippen LogP contribution in [0.2, 0.25) is 0 Å². The van der Waals surface area contributed by atoms with Crippen LogP contribution in [0.25, 0.3) is 0 Å². The van der Waals surface area contributed by atoms with Crippen LogP contribution in [-0.4, -0.2) is 4.98 Å². The largest absolute Gasteiger partial charge is 0.271 e. The second-order valence-corrected chi connectivity index (χ2v) is 3.69. The van der Waals surface area contributed by atoms with Crippen LogP contribution in [0.3, 0.4) is 0 Å². The summed E-state index contributed by atoms with van der Waals surface area (Å²) in [6.07, 6.45) is 4.37. The number of aromatic nitrogens is 1. The zero-order valence-electron chi connectivity index (χ0n) is 7.83. The van der Waals surface area contributed by atoms with E-state index in [1.165, 1.54) is 18.4 Å². The van der Waals surface area contributed by atoms with Gasteiger partial charge in [-0.25, -0.2) is 0 Å². The molecule has 3 heteroatoms. The van der Waals surface area contributed by atoms with Gasteiger partial charge in [0.15, 0.2) is 0 Å². The molecule has 1 fully saturated rings. The number of rotatable bonds is 3. The van der Waals surface area contributed by atoms with Gasteiger partial charge in [0.25, 0.3) is 0 Å². The summed E-state index contributed by atoms with van der Waals surface area (Å²) < 4.78 is 0. The van der Waals surface area contributed by atoms with E-state index in [4.69, 9.17) is 5.84 Å². The van der Waals surface area contributed by atoms with Crippen molar-refractivity contribution >= 4 is 0 Å². The van der Waals surface area contributed by atoms with Crippen LogP contribution in [0.15, 0.2) is 18.3 Å². The van der Waals surface area contributed by atoms with Gasteiger partial charge >= 0.3 is 0 Å². The maximum Gasteiger partial charge on any atom is 0.0662 e. The molecular formula is C10H15N3. The second kappa shape index (κ2) is 3.44. The van der Waals surface area contributed by atoms with E-state index in [2.05, 4.69) is 23.4 Å². The Morgan fingerprint density at radius 2 is 2.38 bits per heavy atom. The van der Waals surface area contributed by atoms with E-state index in [1.54, 1.807) is 0 Å². The minimum absolute atomic E-state index is 0.251. The first-order valence-corrected chi connectivity index (χ1v) is 4.70. The highest BCUT2D eigenvalue weighted by atomic mass is 15.2. The van der Waals surface area contributed by atoms with Crippen LogP contribution in [0, 0.1) is 12.8 Å². The SMILES string of the molecule is Cc1cccnc1C(NN)C1CC1. The average Bonchev–Trinajstić information content (AvgIpc) is 2.93. The summed E-state index contributed by atoms with van der Waals surface area (Å²) in [5.74, 6) is 6.22. The molecule has 3 nitrogen and oxygen atoms in total. The molecule has 1 atom stereocenters. The molecule has 0 spiro atoms. The Morgan fingerprint density at radius 1 is 1.62 bits per heavy atom. The molecule has 3 N–H and O–H groups in total. The first-order valence-electron chi connectivity index (χ1n) is 4.70. The van der Waals surface area contributed by atoms with Crippen LogP contribution in [0.5, 0.6) is 0 Å². The maximum absolute atomic E-state index is 5.52. The van der Waals surface area contributed by atoms with E-state index < -0.39 is 0 Å². The summed E-state index contributed by atoms with van der Waals surface area (Å²) in [6, 6.07) is 4.29. The van der Waals surface area contributed by atoms with Gasteiger partial charge in [-0.1, -0.05) is 6.07 Å². The maximum atomic E-state index is 5.52. The smallest absolute Gasteiger partial charge is 0.0662 e. The molecule has 1 saturated carbocycles. The zero-order chi connectivity index (χ0) is 9.26. The fourth-order valence-electron chi connectivity index (χ4n) is 1.69. The van der Waals surface area contributed by atoms with Crippen molar-refractivity contribution in [1.82, 2.24) is 10.4 Å². The highest BCUT2D eigenvalue weighted by molar-refractivity contribution is 5.22. The molecule has 1 aromatic heterocycles. The lowest BCUT2D eigenvalue weighted by atomic mass is 10.0. The molecule has 0 aromatic carbocycles. The van der Waals surface area contributed by atoms with Crippen LogP contribution >= 0.6 is 0 Å². The van der Waals surface area contributed by atoms with Crippen LogP contribution < -0.4 is 11.3 Å². The van der Waals surface area contributed by atoms with Crippen LogP contribution in [-0.2, 0) is 0 Å². The molecule has 1 aliphatic rings. The number of hydrogen-bond acceptors (Lipinski definition) is 3. The third kappa shape index (κ3) is 1.71. The number of nitrogens with two attached hydrogens (primary N) is 1. The van der Waals surface area contributed by atoms with Gasteiger partial charge in [0.1, 0.15) is 0 Å². The fourth-order valence-corrected chi connectivity index (χ4v) is 1.69. The summed E-state index contributed by atoms with van der Waals surface area (Å²) in [5, 5.41) is 0. The van der Waals surface area contributed by atoms with Gasteiger partial charge in [-0.05, 0) is 37.3 Å². The van der Waals surface area contributed by atoms with Crippen molar-refractivity contribution < 1.29 is 0 Å². The average molecular weight is 177 g/mol. The van der Waals surface area contributed by atoms with Crippen LogP contribution in [0.1, 0.15) is 30.1 Å². The summed E-state index contributed by atoms with van der Waals surface area (Å²) in [6.45, 7) is 2.08. The number of pyridine rings is 1. The van der Waals surface area contributed by atoms with Gasteiger partial charge in [-0.15, -0.1) is 0 Å². The topological polar surface area (TPSA) is 50.9 Å². The van der Waals surface area contributed by atoms with E-state index in [9.17, 15) is 0 Å². The number of hydrazine groups is 1. The van der Waals surface area contributed by atoms with Crippen LogP contribution in [0.4, 0.5) is 0 Å². The quantitative estimate of drug-likeness (QED) is 0.540. The molecule has 70 valence electrons. The minimum Gasteiger partial charge on any atom is -0.271 e. The Balaban J connectivity index is 2.26. The van der Waals surface area contributed by atoms with Gasteiger partial charge in [0.05, 0.1) is 11.7 Å². The summed E-state index contributed by atoms with van der Waals surface area (Å²) in [4.78, 5) is 4.37. The molecule has 1 aliphatic carbocycles. The first-order chi connectivity index (χ1) is 6.33. The zero-order valence-corrected chi connectivity index (χ0v) is 7.83. The molecule has 0 amide bonds. The fraction of sp³-hybridized carbons (Fsp3) is 0.500. The second-order valence-electron chi connectivity index (χ2n) is 3.69. The number of aryl methyl sites for hydroxylation is 1. The lowest BCUT2D eigenvalue weighted by Crippen LogP contribution is -2.30. The van der Waals surface area contributed by atoms with Gasteiger partial charge in [0.2, 0.25) is 0 Å². The highest BCUT2D eigenvalue weighted by Crippen LogP contribution is 2.40. The first kappa shape index (κ1) is 8.66.